The monoisotopic (exact) mass is 260 g/mol. The standard InChI is InChI=1S/C12H20O4S/c1-2-3-4-5-6-7-8-9-10-11-12-16-17(13,14)15/h3-4,6-7,9-10H,2,5,8,11-12H2,1H3,(H,13,14,15)/b4-3-,7-6-,10-9-. The van der Waals surface area contributed by atoms with Gasteiger partial charge < -0.3 is 0 Å². The van der Waals surface area contributed by atoms with Gasteiger partial charge in [0.2, 0.25) is 0 Å². The van der Waals surface area contributed by atoms with Gasteiger partial charge in [-0.3, -0.25) is 4.55 Å². The molecule has 0 rings (SSSR count). The summed E-state index contributed by atoms with van der Waals surface area (Å²) in [5.74, 6) is 0. The molecule has 0 aromatic carbocycles. The summed E-state index contributed by atoms with van der Waals surface area (Å²) >= 11 is 0. The van der Waals surface area contributed by atoms with E-state index in [1.165, 1.54) is 0 Å². The molecule has 0 bridgehead atoms. The lowest BCUT2D eigenvalue weighted by atomic mass is 10.2. The number of rotatable bonds is 9. The molecular formula is C12H20O4S. The lowest BCUT2D eigenvalue weighted by molar-refractivity contribution is 0.273. The van der Waals surface area contributed by atoms with E-state index in [1.807, 2.05) is 18.2 Å². The first-order valence-electron chi connectivity index (χ1n) is 5.63. The van der Waals surface area contributed by atoms with Crippen molar-refractivity contribution in [2.24, 2.45) is 0 Å². The van der Waals surface area contributed by atoms with Crippen LogP contribution in [0.25, 0.3) is 0 Å². The fourth-order valence-electron chi connectivity index (χ4n) is 1.05. The van der Waals surface area contributed by atoms with Crippen molar-refractivity contribution < 1.29 is 17.2 Å². The molecule has 0 saturated carbocycles. The van der Waals surface area contributed by atoms with Crippen molar-refractivity contribution in [2.45, 2.75) is 32.6 Å². The first kappa shape index (κ1) is 16.1. The second-order valence-electron chi connectivity index (χ2n) is 3.33. The molecule has 0 unspecified atom stereocenters. The fourth-order valence-corrected chi connectivity index (χ4v) is 1.35. The Bertz CT molecular complexity index is 353. The minimum absolute atomic E-state index is 0.0295. The molecule has 0 aliphatic heterocycles. The van der Waals surface area contributed by atoms with Crippen molar-refractivity contribution in [1.29, 1.82) is 0 Å². The molecule has 0 aliphatic rings. The topological polar surface area (TPSA) is 63.6 Å². The Hall–Kier alpha value is -0.910. The van der Waals surface area contributed by atoms with E-state index in [4.69, 9.17) is 4.55 Å². The Morgan fingerprint density at radius 1 is 1.00 bits per heavy atom. The van der Waals surface area contributed by atoms with Gasteiger partial charge in [-0.1, -0.05) is 43.4 Å². The molecule has 0 aliphatic carbocycles. The average molecular weight is 260 g/mol. The maximum atomic E-state index is 10.2. The summed E-state index contributed by atoms with van der Waals surface area (Å²) in [7, 11) is -4.29. The zero-order chi connectivity index (χ0) is 13.0. The van der Waals surface area contributed by atoms with Gasteiger partial charge in [-0.15, -0.1) is 0 Å². The molecule has 0 amide bonds. The Morgan fingerprint density at radius 2 is 1.53 bits per heavy atom. The van der Waals surface area contributed by atoms with Crippen LogP contribution in [0, 0.1) is 0 Å². The van der Waals surface area contributed by atoms with Gasteiger partial charge in [0.1, 0.15) is 0 Å². The van der Waals surface area contributed by atoms with E-state index < -0.39 is 10.4 Å². The molecule has 17 heavy (non-hydrogen) atoms. The van der Waals surface area contributed by atoms with Crippen LogP contribution in [0.5, 0.6) is 0 Å². The zero-order valence-electron chi connectivity index (χ0n) is 10.1. The van der Waals surface area contributed by atoms with Crippen molar-refractivity contribution in [3.8, 4) is 0 Å². The van der Waals surface area contributed by atoms with Crippen molar-refractivity contribution in [3.05, 3.63) is 36.5 Å². The van der Waals surface area contributed by atoms with E-state index in [1.54, 1.807) is 0 Å². The predicted octanol–water partition coefficient (Wildman–Crippen LogP) is 3.05. The van der Waals surface area contributed by atoms with Crippen LogP contribution in [0.2, 0.25) is 0 Å². The molecule has 0 radical (unpaired) electrons. The maximum Gasteiger partial charge on any atom is 0.397 e. The van der Waals surface area contributed by atoms with Crippen LogP contribution in [0.4, 0.5) is 0 Å². The highest BCUT2D eigenvalue weighted by Gasteiger charge is 2.00. The molecule has 98 valence electrons. The molecule has 0 aromatic heterocycles. The summed E-state index contributed by atoms with van der Waals surface area (Å²) in [5.41, 5.74) is 0. The molecule has 4 nitrogen and oxygen atoms in total. The lowest BCUT2D eigenvalue weighted by Gasteiger charge is -1.94. The third-order valence-corrected chi connectivity index (χ3v) is 2.26. The lowest BCUT2D eigenvalue weighted by Crippen LogP contribution is -2.03. The van der Waals surface area contributed by atoms with Crippen LogP contribution in [0.1, 0.15) is 32.6 Å². The Labute approximate surface area is 104 Å². The highest BCUT2D eigenvalue weighted by Crippen LogP contribution is 1.95. The fraction of sp³-hybridized carbons (Fsp3) is 0.500. The highest BCUT2D eigenvalue weighted by molar-refractivity contribution is 7.80. The van der Waals surface area contributed by atoms with Crippen molar-refractivity contribution >= 4 is 10.4 Å². The molecule has 0 spiro atoms. The van der Waals surface area contributed by atoms with E-state index in [2.05, 4.69) is 29.3 Å². The highest BCUT2D eigenvalue weighted by atomic mass is 32.3. The number of hydrogen-bond acceptors (Lipinski definition) is 3. The van der Waals surface area contributed by atoms with E-state index in [0.29, 0.717) is 6.42 Å². The first-order chi connectivity index (χ1) is 8.06. The van der Waals surface area contributed by atoms with Crippen LogP contribution in [0.3, 0.4) is 0 Å². The van der Waals surface area contributed by atoms with Crippen LogP contribution >= 0.6 is 0 Å². The van der Waals surface area contributed by atoms with Gasteiger partial charge in [-0.05, 0) is 25.7 Å². The van der Waals surface area contributed by atoms with Gasteiger partial charge >= 0.3 is 10.4 Å². The SMILES string of the molecule is CC/C=C\C/C=C\C/C=C\CCOS(=O)(=O)O. The summed E-state index contributed by atoms with van der Waals surface area (Å²) in [6.45, 7) is 2.07. The first-order valence-corrected chi connectivity index (χ1v) is 6.99. The number of allylic oxidation sites excluding steroid dienone is 5. The average Bonchev–Trinajstić information content (AvgIpc) is 2.24. The minimum atomic E-state index is -4.29. The summed E-state index contributed by atoms with van der Waals surface area (Å²) < 4.78 is 32.8. The van der Waals surface area contributed by atoms with Gasteiger partial charge in [-0.25, -0.2) is 4.18 Å². The van der Waals surface area contributed by atoms with E-state index in [-0.39, 0.29) is 6.61 Å². The smallest absolute Gasteiger partial charge is 0.264 e. The van der Waals surface area contributed by atoms with E-state index in [0.717, 1.165) is 19.3 Å². The van der Waals surface area contributed by atoms with Gasteiger partial charge in [0.25, 0.3) is 0 Å². The van der Waals surface area contributed by atoms with Crippen molar-refractivity contribution in [1.82, 2.24) is 0 Å². The molecule has 0 aromatic rings. The molecule has 0 fully saturated rings. The van der Waals surface area contributed by atoms with Crippen LogP contribution in [-0.2, 0) is 14.6 Å². The normalized spacial score (nSPS) is 13.3. The minimum Gasteiger partial charge on any atom is -0.264 e. The Morgan fingerprint density at radius 3 is 2.06 bits per heavy atom. The van der Waals surface area contributed by atoms with Crippen molar-refractivity contribution in [3.63, 3.8) is 0 Å². The molecular weight excluding hydrogens is 240 g/mol. The number of hydrogen-bond donors (Lipinski definition) is 1. The van der Waals surface area contributed by atoms with Crippen LogP contribution in [-0.4, -0.2) is 19.6 Å². The Balaban J connectivity index is 3.46. The quantitative estimate of drug-likeness (QED) is 0.393. The third-order valence-electron chi connectivity index (χ3n) is 1.80. The summed E-state index contributed by atoms with van der Waals surface area (Å²) in [4.78, 5) is 0. The summed E-state index contributed by atoms with van der Waals surface area (Å²) in [5, 5.41) is 0. The van der Waals surface area contributed by atoms with E-state index in [9.17, 15) is 8.42 Å². The molecule has 0 heterocycles. The molecule has 0 atom stereocenters. The van der Waals surface area contributed by atoms with Gasteiger partial charge in [0.15, 0.2) is 0 Å². The van der Waals surface area contributed by atoms with Gasteiger partial charge in [0, 0.05) is 0 Å². The van der Waals surface area contributed by atoms with Crippen LogP contribution in [0.15, 0.2) is 36.5 Å². The Kier molecular flexibility index (Phi) is 9.71. The largest absolute Gasteiger partial charge is 0.397 e. The summed E-state index contributed by atoms with van der Waals surface area (Å²) in [6, 6.07) is 0. The van der Waals surface area contributed by atoms with Gasteiger partial charge in [-0.2, -0.15) is 8.42 Å². The second-order valence-corrected chi connectivity index (χ2v) is 4.42. The predicted molar refractivity (Wildman–Crippen MR) is 69.1 cm³/mol. The van der Waals surface area contributed by atoms with Crippen LogP contribution < -0.4 is 0 Å². The zero-order valence-corrected chi connectivity index (χ0v) is 10.9. The van der Waals surface area contributed by atoms with E-state index >= 15 is 0 Å². The maximum absolute atomic E-state index is 10.2. The molecule has 0 saturated heterocycles. The molecule has 5 heteroatoms. The summed E-state index contributed by atoms with van der Waals surface area (Å²) in [6.07, 6.45) is 15.4. The van der Waals surface area contributed by atoms with Crippen molar-refractivity contribution in [2.75, 3.05) is 6.61 Å². The molecule has 1 N–H and O–H groups in total. The third kappa shape index (κ3) is 15.1. The van der Waals surface area contributed by atoms with Gasteiger partial charge in [0.05, 0.1) is 6.61 Å². The second kappa shape index (κ2) is 10.3.